The van der Waals surface area contributed by atoms with Crippen molar-refractivity contribution in [2.45, 2.75) is 45.6 Å². The molecule has 0 spiro atoms. The molecule has 1 unspecified atom stereocenters. The summed E-state index contributed by atoms with van der Waals surface area (Å²) < 4.78 is 5.47. The first-order chi connectivity index (χ1) is 12.0. The lowest BCUT2D eigenvalue weighted by atomic mass is 10.0. The van der Waals surface area contributed by atoms with Crippen molar-refractivity contribution >= 4 is 5.96 Å². The zero-order valence-corrected chi connectivity index (χ0v) is 16.8. The summed E-state index contributed by atoms with van der Waals surface area (Å²) in [7, 11) is 1.85. The summed E-state index contributed by atoms with van der Waals surface area (Å²) in [5, 5.41) is 7.01. The Balaban J connectivity index is 1.68. The fourth-order valence-corrected chi connectivity index (χ4v) is 3.72. The minimum atomic E-state index is 0.0980. The highest BCUT2D eigenvalue weighted by molar-refractivity contribution is 5.79. The molecule has 2 aliphatic rings. The van der Waals surface area contributed by atoms with Gasteiger partial charge >= 0.3 is 0 Å². The van der Waals surface area contributed by atoms with Gasteiger partial charge in [0.05, 0.1) is 13.2 Å². The molecule has 0 aromatic carbocycles. The fourth-order valence-electron chi connectivity index (χ4n) is 3.72. The highest BCUT2D eigenvalue weighted by atomic mass is 16.5. The van der Waals surface area contributed by atoms with Crippen LogP contribution in [0, 0.1) is 5.92 Å². The molecule has 2 fully saturated rings. The van der Waals surface area contributed by atoms with Crippen LogP contribution >= 0.6 is 0 Å². The molecular formula is C19H39N5O. The molecule has 25 heavy (non-hydrogen) atoms. The van der Waals surface area contributed by atoms with E-state index in [0.29, 0.717) is 5.92 Å². The molecule has 0 saturated carbocycles. The van der Waals surface area contributed by atoms with Crippen LogP contribution in [-0.4, -0.2) is 87.4 Å². The molecule has 6 nitrogen and oxygen atoms in total. The molecule has 2 rings (SSSR count). The van der Waals surface area contributed by atoms with Crippen molar-refractivity contribution < 1.29 is 4.74 Å². The molecular weight excluding hydrogens is 314 g/mol. The van der Waals surface area contributed by atoms with Gasteiger partial charge in [0.2, 0.25) is 0 Å². The first-order valence-electron chi connectivity index (χ1n) is 10.0. The lowest BCUT2D eigenvalue weighted by Crippen LogP contribution is -2.56. The predicted molar refractivity (Wildman–Crippen MR) is 105 cm³/mol. The maximum atomic E-state index is 5.47. The number of nitrogens with one attached hydrogen (secondary N) is 2. The Morgan fingerprint density at radius 3 is 2.40 bits per heavy atom. The van der Waals surface area contributed by atoms with Crippen molar-refractivity contribution in [2.75, 3.05) is 66.1 Å². The summed E-state index contributed by atoms with van der Waals surface area (Å²) in [6, 6.07) is 0. The minimum absolute atomic E-state index is 0.0980. The maximum absolute atomic E-state index is 5.47. The molecule has 2 saturated heterocycles. The van der Waals surface area contributed by atoms with E-state index in [4.69, 9.17) is 4.74 Å². The number of hydrogen-bond donors (Lipinski definition) is 2. The second-order valence-electron chi connectivity index (χ2n) is 8.18. The summed E-state index contributed by atoms with van der Waals surface area (Å²) >= 11 is 0. The molecule has 6 heteroatoms. The Bertz CT molecular complexity index is 401. The topological polar surface area (TPSA) is 52.1 Å². The zero-order valence-electron chi connectivity index (χ0n) is 16.8. The predicted octanol–water partition coefficient (Wildman–Crippen LogP) is 1.38. The number of morpholine rings is 1. The summed E-state index contributed by atoms with van der Waals surface area (Å²) in [4.78, 5) is 9.49. The van der Waals surface area contributed by atoms with Gasteiger partial charge in [-0.3, -0.25) is 9.89 Å². The van der Waals surface area contributed by atoms with Crippen LogP contribution in [0.1, 0.15) is 40.0 Å². The largest absolute Gasteiger partial charge is 0.379 e. The van der Waals surface area contributed by atoms with Gasteiger partial charge in [0.15, 0.2) is 5.96 Å². The Labute approximate surface area is 154 Å². The summed E-state index contributed by atoms with van der Waals surface area (Å²) in [5.74, 6) is 1.54. The van der Waals surface area contributed by atoms with E-state index in [0.717, 1.165) is 45.4 Å². The number of guanidine groups is 1. The lowest BCUT2D eigenvalue weighted by Gasteiger charge is -2.41. The quantitative estimate of drug-likeness (QED) is 0.535. The summed E-state index contributed by atoms with van der Waals surface area (Å²) in [5.41, 5.74) is 0.0980. The highest BCUT2D eigenvalue weighted by Crippen LogP contribution is 2.15. The Hall–Kier alpha value is -0.850. The molecule has 0 aromatic rings. The van der Waals surface area contributed by atoms with E-state index in [2.05, 4.69) is 46.2 Å². The van der Waals surface area contributed by atoms with Gasteiger partial charge in [0.25, 0.3) is 0 Å². The second-order valence-corrected chi connectivity index (χ2v) is 8.18. The summed E-state index contributed by atoms with van der Waals surface area (Å²) in [6.45, 7) is 16.2. The highest BCUT2D eigenvalue weighted by Gasteiger charge is 2.28. The zero-order chi connectivity index (χ0) is 18.1. The van der Waals surface area contributed by atoms with Gasteiger partial charge in [-0.05, 0) is 45.7 Å². The van der Waals surface area contributed by atoms with E-state index < -0.39 is 0 Å². The molecule has 0 radical (unpaired) electrons. The number of nitrogens with zero attached hydrogens (tertiary/aromatic N) is 3. The second kappa shape index (κ2) is 10.3. The van der Waals surface area contributed by atoms with Crippen LogP contribution in [0.5, 0.6) is 0 Å². The van der Waals surface area contributed by atoms with Crippen LogP contribution < -0.4 is 10.6 Å². The van der Waals surface area contributed by atoms with Gasteiger partial charge in [0, 0.05) is 45.3 Å². The monoisotopic (exact) mass is 353 g/mol. The SMILES string of the molecule is CN=C(NCC(C)CN1CCCCC1)NCC(C)(C)N1CCOCC1. The molecule has 1 atom stereocenters. The molecule has 0 aromatic heterocycles. The van der Waals surface area contributed by atoms with E-state index >= 15 is 0 Å². The van der Waals surface area contributed by atoms with E-state index in [9.17, 15) is 0 Å². The average molecular weight is 354 g/mol. The molecule has 2 N–H and O–H groups in total. The van der Waals surface area contributed by atoms with Gasteiger partial charge in [-0.25, -0.2) is 0 Å². The first-order valence-corrected chi connectivity index (χ1v) is 10.0. The van der Waals surface area contributed by atoms with Crippen LogP contribution in [0.15, 0.2) is 4.99 Å². The third kappa shape index (κ3) is 7.12. The van der Waals surface area contributed by atoms with Crippen LogP contribution in [0.4, 0.5) is 0 Å². The Morgan fingerprint density at radius 2 is 1.76 bits per heavy atom. The number of ether oxygens (including phenoxy) is 1. The first kappa shape index (κ1) is 20.5. The number of aliphatic imine (C=N–C) groups is 1. The third-order valence-electron chi connectivity index (χ3n) is 5.42. The number of rotatable bonds is 7. The Kier molecular flexibility index (Phi) is 8.46. The standard InChI is InChI=1S/C19H39N5O/c1-17(15-23-8-6-5-7-9-23)14-21-18(20-4)22-16-19(2,3)24-10-12-25-13-11-24/h17H,5-16H2,1-4H3,(H2,20,21,22). The molecule has 146 valence electrons. The van der Waals surface area contributed by atoms with Crippen LogP contribution in [-0.2, 0) is 4.74 Å². The van der Waals surface area contributed by atoms with Crippen LogP contribution in [0.3, 0.4) is 0 Å². The minimum Gasteiger partial charge on any atom is -0.379 e. The molecule has 0 bridgehead atoms. The number of piperidine rings is 1. The molecule has 2 heterocycles. The smallest absolute Gasteiger partial charge is 0.191 e. The van der Waals surface area contributed by atoms with Crippen molar-refractivity contribution in [3.63, 3.8) is 0 Å². The lowest BCUT2D eigenvalue weighted by molar-refractivity contribution is -0.00834. The Morgan fingerprint density at radius 1 is 1.08 bits per heavy atom. The summed E-state index contributed by atoms with van der Waals surface area (Å²) in [6.07, 6.45) is 4.12. The fraction of sp³-hybridized carbons (Fsp3) is 0.947. The van der Waals surface area contributed by atoms with Gasteiger partial charge in [0.1, 0.15) is 0 Å². The van der Waals surface area contributed by atoms with Crippen LogP contribution in [0.2, 0.25) is 0 Å². The van der Waals surface area contributed by atoms with Gasteiger partial charge < -0.3 is 20.3 Å². The third-order valence-corrected chi connectivity index (χ3v) is 5.42. The van der Waals surface area contributed by atoms with Crippen LogP contribution in [0.25, 0.3) is 0 Å². The van der Waals surface area contributed by atoms with Gasteiger partial charge in [-0.1, -0.05) is 13.3 Å². The van der Waals surface area contributed by atoms with Crippen molar-refractivity contribution in [3.8, 4) is 0 Å². The number of likely N-dealkylation sites (tertiary alicyclic amines) is 1. The average Bonchev–Trinajstić information content (AvgIpc) is 2.63. The van der Waals surface area contributed by atoms with Crippen molar-refractivity contribution in [1.29, 1.82) is 0 Å². The van der Waals surface area contributed by atoms with Crippen molar-refractivity contribution in [1.82, 2.24) is 20.4 Å². The molecule has 0 amide bonds. The van der Waals surface area contributed by atoms with E-state index in [1.165, 1.54) is 38.9 Å². The normalized spacial score (nSPS) is 22.6. The molecule has 2 aliphatic heterocycles. The maximum Gasteiger partial charge on any atom is 0.191 e. The van der Waals surface area contributed by atoms with Gasteiger partial charge in [-0.2, -0.15) is 0 Å². The van der Waals surface area contributed by atoms with Crippen molar-refractivity contribution in [3.05, 3.63) is 0 Å². The van der Waals surface area contributed by atoms with Crippen molar-refractivity contribution in [2.24, 2.45) is 10.9 Å². The molecule has 0 aliphatic carbocycles. The number of hydrogen-bond acceptors (Lipinski definition) is 4. The van der Waals surface area contributed by atoms with E-state index in [-0.39, 0.29) is 5.54 Å². The van der Waals surface area contributed by atoms with E-state index in [1.54, 1.807) is 0 Å². The van der Waals surface area contributed by atoms with Gasteiger partial charge in [-0.15, -0.1) is 0 Å². The van der Waals surface area contributed by atoms with E-state index in [1.807, 2.05) is 7.05 Å².